The lowest BCUT2D eigenvalue weighted by molar-refractivity contribution is -0.119. The van der Waals surface area contributed by atoms with E-state index in [4.69, 9.17) is 16.3 Å². The van der Waals surface area contributed by atoms with Crippen molar-refractivity contribution in [2.24, 2.45) is 0 Å². The molecule has 3 heterocycles. The average molecular weight is 599 g/mol. The first-order valence-corrected chi connectivity index (χ1v) is 14.6. The number of hydrogen-bond donors (Lipinski definition) is 4. The van der Waals surface area contributed by atoms with Crippen molar-refractivity contribution in [2.75, 3.05) is 26.0 Å². The Kier molecular flexibility index (Phi) is 9.66. The molecule has 1 fully saturated rings. The maximum Gasteiger partial charge on any atom is 0.274 e. The molecule has 0 spiro atoms. The summed E-state index contributed by atoms with van der Waals surface area (Å²) in [7, 11) is 3.50. The highest BCUT2D eigenvalue weighted by atomic mass is 35.5. The fourth-order valence-electron chi connectivity index (χ4n) is 5.22. The number of nitrogens with zero attached hydrogens (tertiary/aromatic N) is 2. The van der Waals surface area contributed by atoms with E-state index < -0.39 is 0 Å². The van der Waals surface area contributed by atoms with E-state index in [2.05, 4.69) is 31.2 Å². The topological polar surface area (TPSA) is 117 Å². The summed E-state index contributed by atoms with van der Waals surface area (Å²) in [6.45, 7) is 3.93. The van der Waals surface area contributed by atoms with Crippen LogP contribution in [-0.2, 0) is 17.9 Å². The molecular weight excluding hydrogens is 564 g/mol. The van der Waals surface area contributed by atoms with Crippen LogP contribution in [-0.4, -0.2) is 48.5 Å². The van der Waals surface area contributed by atoms with E-state index in [0.717, 1.165) is 45.6 Å². The largest absolute Gasteiger partial charge is 0.496 e. The van der Waals surface area contributed by atoms with Gasteiger partial charge >= 0.3 is 0 Å². The number of nitrogens with one attached hydrogen (secondary N) is 4. The summed E-state index contributed by atoms with van der Waals surface area (Å²) in [6, 6.07) is 17.3. The van der Waals surface area contributed by atoms with E-state index in [1.54, 1.807) is 25.6 Å². The zero-order valence-electron chi connectivity index (χ0n) is 24.5. The molecule has 1 atom stereocenters. The summed E-state index contributed by atoms with van der Waals surface area (Å²) in [5, 5.41) is 12.9. The van der Waals surface area contributed by atoms with Crippen LogP contribution in [0.4, 0.5) is 5.69 Å². The van der Waals surface area contributed by atoms with Gasteiger partial charge < -0.3 is 26.0 Å². The number of hydrogen-bond acceptors (Lipinski definition) is 7. The molecule has 4 N–H and O–H groups in total. The zero-order chi connectivity index (χ0) is 30.3. The molecular formula is C33H35ClN6O3. The zero-order valence-corrected chi connectivity index (χ0v) is 25.2. The van der Waals surface area contributed by atoms with Gasteiger partial charge in [-0.15, -0.1) is 0 Å². The Labute approximate surface area is 256 Å². The lowest BCUT2D eigenvalue weighted by Gasteiger charge is -2.16. The number of rotatable bonds is 11. The van der Waals surface area contributed by atoms with Gasteiger partial charge in [-0.25, -0.2) is 0 Å². The Morgan fingerprint density at radius 2 is 1.95 bits per heavy atom. The van der Waals surface area contributed by atoms with E-state index >= 15 is 0 Å². The lowest BCUT2D eigenvalue weighted by Crippen LogP contribution is -2.35. The minimum absolute atomic E-state index is 0.107. The van der Waals surface area contributed by atoms with E-state index in [0.29, 0.717) is 48.2 Å². The van der Waals surface area contributed by atoms with Gasteiger partial charge in [0.1, 0.15) is 11.4 Å². The van der Waals surface area contributed by atoms with Gasteiger partial charge in [-0.1, -0.05) is 41.9 Å². The minimum Gasteiger partial charge on any atom is -0.496 e. The van der Waals surface area contributed by atoms with Crippen molar-refractivity contribution in [1.29, 1.82) is 0 Å². The van der Waals surface area contributed by atoms with E-state index in [1.165, 1.54) is 0 Å². The van der Waals surface area contributed by atoms with Gasteiger partial charge in [-0.05, 0) is 61.3 Å². The van der Waals surface area contributed by atoms with Gasteiger partial charge in [0.15, 0.2) is 0 Å². The molecule has 1 aliphatic heterocycles. The number of aromatic nitrogens is 2. The number of anilines is 1. The predicted octanol–water partition coefficient (Wildman–Crippen LogP) is 5.12. The van der Waals surface area contributed by atoms with Crippen molar-refractivity contribution in [1.82, 2.24) is 25.9 Å². The van der Waals surface area contributed by atoms with Gasteiger partial charge in [0, 0.05) is 66.9 Å². The standard InChI is InChI=1S/C33H35ClN6O3/c1-20-25(5-4-6-27(20)40-33(42)28-11-7-21(16-35-2)17-38-28)26-13-14-37-32(31(26)34)22-8-9-23(29(15-22)43-3)18-36-19-24-10-12-30(41)39-24/h4-9,11,13-15,17,24,35-36H,10,12,16,18-19H2,1-3H3,(H,39,41)(H,40,42)/t24-/m0/s1. The van der Waals surface area contributed by atoms with Gasteiger partial charge in [0.2, 0.25) is 5.91 Å². The van der Waals surface area contributed by atoms with Crippen molar-refractivity contribution < 1.29 is 14.3 Å². The smallest absolute Gasteiger partial charge is 0.274 e. The van der Waals surface area contributed by atoms with Crippen LogP contribution < -0.4 is 26.0 Å². The summed E-state index contributed by atoms with van der Waals surface area (Å²) < 4.78 is 5.70. The van der Waals surface area contributed by atoms with E-state index in [9.17, 15) is 9.59 Å². The van der Waals surface area contributed by atoms with Crippen molar-refractivity contribution in [3.63, 3.8) is 0 Å². The molecule has 43 heavy (non-hydrogen) atoms. The molecule has 5 rings (SSSR count). The molecule has 0 unspecified atom stereocenters. The van der Waals surface area contributed by atoms with Crippen LogP contribution in [0.2, 0.25) is 5.02 Å². The van der Waals surface area contributed by atoms with E-state index in [-0.39, 0.29) is 17.9 Å². The normalized spacial score (nSPS) is 14.4. The first-order chi connectivity index (χ1) is 20.9. The summed E-state index contributed by atoms with van der Waals surface area (Å²) >= 11 is 7.00. The molecule has 1 aliphatic rings. The van der Waals surface area contributed by atoms with Crippen molar-refractivity contribution >= 4 is 29.1 Å². The summed E-state index contributed by atoms with van der Waals surface area (Å²) in [5.41, 5.74) is 7.03. The molecule has 2 amide bonds. The second-order valence-corrected chi connectivity index (χ2v) is 10.9. The maximum atomic E-state index is 13.0. The predicted molar refractivity (Wildman–Crippen MR) is 169 cm³/mol. The molecule has 4 aromatic rings. The minimum atomic E-state index is -0.285. The van der Waals surface area contributed by atoms with E-state index in [1.807, 2.05) is 62.5 Å². The number of benzene rings is 2. The lowest BCUT2D eigenvalue weighted by atomic mass is 9.97. The van der Waals surface area contributed by atoms with Crippen LogP contribution in [0.1, 0.15) is 40.0 Å². The number of carbonyl (C=O) groups is 2. The average Bonchev–Trinajstić information content (AvgIpc) is 3.44. The number of pyridine rings is 2. The first-order valence-electron chi connectivity index (χ1n) is 14.2. The fourth-order valence-corrected chi connectivity index (χ4v) is 5.54. The van der Waals surface area contributed by atoms with Crippen LogP contribution in [0.25, 0.3) is 22.4 Å². The maximum absolute atomic E-state index is 13.0. The molecule has 222 valence electrons. The summed E-state index contributed by atoms with van der Waals surface area (Å²) in [6.07, 6.45) is 4.86. The SMILES string of the molecule is CNCc1ccc(C(=O)Nc2cccc(-c3ccnc(-c4ccc(CNC[C@@H]5CCC(=O)N5)c(OC)c4)c3Cl)c2C)nc1. The van der Waals surface area contributed by atoms with Gasteiger partial charge in [0.05, 0.1) is 17.8 Å². The summed E-state index contributed by atoms with van der Waals surface area (Å²) in [5.74, 6) is 0.542. The Morgan fingerprint density at radius 1 is 1.09 bits per heavy atom. The molecule has 10 heteroatoms. The Bertz CT molecular complexity index is 1630. The second kappa shape index (κ2) is 13.8. The molecule has 9 nitrogen and oxygen atoms in total. The van der Waals surface area contributed by atoms with Crippen molar-refractivity contribution in [2.45, 2.75) is 38.9 Å². The number of ether oxygens (including phenoxy) is 1. The monoisotopic (exact) mass is 598 g/mol. The molecule has 0 radical (unpaired) electrons. The molecule has 0 saturated carbocycles. The van der Waals surface area contributed by atoms with Gasteiger partial charge in [-0.3, -0.25) is 19.6 Å². The number of amides is 2. The first kappa shape index (κ1) is 30.2. The number of carbonyl (C=O) groups excluding carboxylic acids is 2. The van der Waals surface area contributed by atoms with Crippen LogP contribution >= 0.6 is 11.6 Å². The Balaban J connectivity index is 1.35. The molecule has 1 saturated heterocycles. The van der Waals surface area contributed by atoms with Crippen LogP contribution in [0.5, 0.6) is 5.75 Å². The van der Waals surface area contributed by atoms with Crippen molar-refractivity contribution in [3.8, 4) is 28.1 Å². The Hall–Kier alpha value is -4.31. The van der Waals surface area contributed by atoms with Crippen LogP contribution in [0.3, 0.4) is 0 Å². The quantitative estimate of drug-likeness (QED) is 0.189. The molecule has 2 aromatic carbocycles. The third-order valence-corrected chi connectivity index (χ3v) is 7.93. The van der Waals surface area contributed by atoms with Crippen LogP contribution in [0.15, 0.2) is 67.0 Å². The van der Waals surface area contributed by atoms with Gasteiger partial charge in [-0.2, -0.15) is 0 Å². The highest BCUT2D eigenvalue weighted by Crippen LogP contribution is 2.39. The molecule has 2 aromatic heterocycles. The fraction of sp³-hybridized carbons (Fsp3) is 0.273. The number of methoxy groups -OCH3 is 1. The molecule has 0 aliphatic carbocycles. The summed E-state index contributed by atoms with van der Waals surface area (Å²) in [4.78, 5) is 33.3. The highest BCUT2D eigenvalue weighted by Gasteiger charge is 2.21. The highest BCUT2D eigenvalue weighted by molar-refractivity contribution is 6.35. The third-order valence-electron chi connectivity index (χ3n) is 7.55. The second-order valence-electron chi connectivity index (χ2n) is 10.5. The molecule has 0 bridgehead atoms. The Morgan fingerprint density at radius 3 is 2.67 bits per heavy atom. The third kappa shape index (κ3) is 7.02. The number of halogens is 1. The van der Waals surface area contributed by atoms with Crippen LogP contribution in [0, 0.1) is 6.92 Å². The van der Waals surface area contributed by atoms with Gasteiger partial charge in [0.25, 0.3) is 5.91 Å². The van der Waals surface area contributed by atoms with Crippen molar-refractivity contribution in [3.05, 3.63) is 94.4 Å².